The SMILES string of the molecule is C=CC(=O)Nc1ccc(C(C)(F)F)cc1-c1nc2nccc(-c3ccc(CNC(=O)c4nc(C(C)(C)C)no4)c(F)c3)c2[nH]1. The van der Waals surface area contributed by atoms with Crippen LogP contribution in [-0.4, -0.2) is 36.9 Å². The molecule has 10 nitrogen and oxygen atoms in total. The minimum atomic E-state index is -3.15. The van der Waals surface area contributed by atoms with Crippen LogP contribution in [0.2, 0.25) is 0 Å². The highest BCUT2D eigenvalue weighted by Crippen LogP contribution is 2.36. The fourth-order valence-corrected chi connectivity index (χ4v) is 4.31. The Morgan fingerprint density at radius 3 is 2.48 bits per heavy atom. The highest BCUT2D eigenvalue weighted by Gasteiger charge is 2.27. The van der Waals surface area contributed by atoms with Crippen LogP contribution in [0.4, 0.5) is 18.9 Å². The number of aromatic nitrogens is 5. The summed E-state index contributed by atoms with van der Waals surface area (Å²) in [6.07, 6.45) is 2.55. The topological polar surface area (TPSA) is 139 Å². The number of hydrogen-bond acceptors (Lipinski definition) is 7. The summed E-state index contributed by atoms with van der Waals surface area (Å²) in [6.45, 7) is 9.70. The number of fused-ring (bicyclic) bond motifs is 1. The number of pyridine rings is 1. The van der Waals surface area contributed by atoms with Crippen molar-refractivity contribution in [1.29, 1.82) is 0 Å². The van der Waals surface area contributed by atoms with E-state index in [2.05, 4.69) is 42.3 Å². The second-order valence-electron chi connectivity index (χ2n) is 11.1. The molecule has 13 heteroatoms. The Bertz CT molecular complexity index is 1900. The smallest absolute Gasteiger partial charge is 0.315 e. The number of nitrogens with zero attached hydrogens (tertiary/aromatic N) is 4. The van der Waals surface area contributed by atoms with Gasteiger partial charge in [-0.2, -0.15) is 4.98 Å². The van der Waals surface area contributed by atoms with Crippen molar-refractivity contribution in [2.24, 2.45) is 0 Å². The molecule has 0 unspecified atom stereocenters. The van der Waals surface area contributed by atoms with Crippen LogP contribution in [0.5, 0.6) is 0 Å². The Labute approximate surface area is 249 Å². The maximum atomic E-state index is 15.2. The first-order chi connectivity index (χ1) is 20.7. The lowest BCUT2D eigenvalue weighted by Crippen LogP contribution is -2.24. The van der Waals surface area contributed by atoms with E-state index in [1.807, 2.05) is 20.8 Å². The molecule has 0 bridgehead atoms. The summed E-state index contributed by atoms with van der Waals surface area (Å²) in [5, 5.41) is 9.00. The number of H-pyrrole nitrogens is 1. The van der Waals surface area contributed by atoms with Crippen molar-refractivity contribution in [3.63, 3.8) is 0 Å². The molecule has 0 aliphatic heterocycles. The molecule has 5 rings (SSSR count). The molecule has 0 saturated heterocycles. The Kier molecular flexibility index (Phi) is 7.81. The minimum absolute atomic E-state index is 0.129. The number of nitrogens with one attached hydrogen (secondary N) is 3. The van der Waals surface area contributed by atoms with E-state index in [1.165, 1.54) is 36.5 Å². The second-order valence-corrected chi connectivity index (χ2v) is 11.1. The van der Waals surface area contributed by atoms with Crippen LogP contribution in [-0.2, 0) is 22.7 Å². The van der Waals surface area contributed by atoms with Crippen LogP contribution in [0, 0.1) is 5.82 Å². The number of imidazole rings is 1. The van der Waals surface area contributed by atoms with Gasteiger partial charge in [0.15, 0.2) is 11.5 Å². The molecule has 0 aliphatic rings. The molecular weight excluding hydrogens is 575 g/mol. The first kappa shape index (κ1) is 30.1. The van der Waals surface area contributed by atoms with Gasteiger partial charge in [0.05, 0.1) is 11.2 Å². The van der Waals surface area contributed by atoms with Gasteiger partial charge >= 0.3 is 11.8 Å². The standard InChI is InChI=1S/C31H28F3N7O3/c1-6-23(42)37-22-10-9-18(31(5,33)34)14-20(22)25-38-24-19(11-12-35-26(24)39-25)16-7-8-17(21(32)13-16)15-36-27(43)28-40-29(41-44-28)30(2,3)4/h6-14H,1,15H2,2-5H3,(H,36,43)(H,37,42)(H,35,38,39). The first-order valence-electron chi connectivity index (χ1n) is 13.5. The van der Waals surface area contributed by atoms with E-state index in [0.717, 1.165) is 13.0 Å². The highest BCUT2D eigenvalue weighted by atomic mass is 19.3. The zero-order valence-corrected chi connectivity index (χ0v) is 24.3. The van der Waals surface area contributed by atoms with Crippen LogP contribution in [0.3, 0.4) is 0 Å². The molecule has 0 radical (unpaired) electrons. The molecule has 0 saturated carbocycles. The van der Waals surface area contributed by atoms with Crippen LogP contribution in [0.15, 0.2) is 65.8 Å². The van der Waals surface area contributed by atoms with Crippen LogP contribution in [0.25, 0.3) is 33.7 Å². The van der Waals surface area contributed by atoms with E-state index in [0.29, 0.717) is 22.5 Å². The van der Waals surface area contributed by atoms with E-state index in [9.17, 15) is 18.4 Å². The number of alkyl halides is 2. The van der Waals surface area contributed by atoms with Gasteiger partial charge in [0.25, 0.3) is 5.92 Å². The summed E-state index contributed by atoms with van der Waals surface area (Å²) in [4.78, 5) is 40.4. The fraction of sp³-hybridized carbons (Fsp3) is 0.226. The van der Waals surface area contributed by atoms with Crippen molar-refractivity contribution in [2.45, 2.75) is 45.6 Å². The molecule has 2 aromatic carbocycles. The highest BCUT2D eigenvalue weighted by molar-refractivity contribution is 6.02. The van der Waals surface area contributed by atoms with E-state index in [-0.39, 0.29) is 46.3 Å². The largest absolute Gasteiger partial charge is 0.344 e. The van der Waals surface area contributed by atoms with Gasteiger partial charge in [-0.1, -0.05) is 50.7 Å². The van der Waals surface area contributed by atoms with Gasteiger partial charge in [-0.05, 0) is 35.9 Å². The Balaban J connectivity index is 1.44. The zero-order valence-electron chi connectivity index (χ0n) is 24.3. The molecule has 44 heavy (non-hydrogen) atoms. The maximum absolute atomic E-state index is 15.2. The van der Waals surface area contributed by atoms with Crippen molar-refractivity contribution in [1.82, 2.24) is 30.4 Å². The molecule has 0 aliphatic carbocycles. The number of carbonyl (C=O) groups is 2. The van der Waals surface area contributed by atoms with Gasteiger partial charge in [-0.15, -0.1) is 0 Å². The van der Waals surface area contributed by atoms with Crippen LogP contribution < -0.4 is 10.6 Å². The zero-order chi connectivity index (χ0) is 31.8. The number of aromatic amines is 1. The summed E-state index contributed by atoms with van der Waals surface area (Å²) >= 11 is 0. The second kappa shape index (κ2) is 11.4. The average molecular weight is 604 g/mol. The molecule has 3 heterocycles. The molecule has 3 aromatic heterocycles. The number of amides is 2. The van der Waals surface area contributed by atoms with Crippen molar-refractivity contribution in [3.05, 3.63) is 90.0 Å². The van der Waals surface area contributed by atoms with E-state index in [4.69, 9.17) is 4.52 Å². The molecule has 3 N–H and O–H groups in total. The predicted octanol–water partition coefficient (Wildman–Crippen LogP) is 6.28. The van der Waals surface area contributed by atoms with Gasteiger partial charge < -0.3 is 20.1 Å². The number of carbonyl (C=O) groups excluding carboxylic acids is 2. The van der Waals surface area contributed by atoms with Crippen LogP contribution in [0.1, 0.15) is 55.3 Å². The molecule has 0 spiro atoms. The molecule has 0 atom stereocenters. The maximum Gasteiger partial charge on any atom is 0.315 e. The average Bonchev–Trinajstić information content (AvgIpc) is 3.64. The monoisotopic (exact) mass is 603 g/mol. The summed E-state index contributed by atoms with van der Waals surface area (Å²) in [7, 11) is 0. The summed E-state index contributed by atoms with van der Waals surface area (Å²) < 4.78 is 48.6. The van der Waals surface area contributed by atoms with Gasteiger partial charge in [0.1, 0.15) is 11.6 Å². The number of rotatable bonds is 8. The lowest BCUT2D eigenvalue weighted by atomic mass is 9.96. The Morgan fingerprint density at radius 2 is 1.82 bits per heavy atom. The van der Waals surface area contributed by atoms with Gasteiger partial charge in [-0.3, -0.25) is 9.59 Å². The lowest BCUT2D eigenvalue weighted by molar-refractivity contribution is -0.111. The third-order valence-electron chi connectivity index (χ3n) is 6.71. The molecule has 0 fully saturated rings. The minimum Gasteiger partial charge on any atom is -0.344 e. The van der Waals surface area contributed by atoms with Gasteiger partial charge in [0, 0.05) is 47.3 Å². The molecule has 5 aromatic rings. The van der Waals surface area contributed by atoms with Crippen molar-refractivity contribution >= 4 is 28.7 Å². The van der Waals surface area contributed by atoms with E-state index in [1.54, 1.807) is 12.1 Å². The third-order valence-corrected chi connectivity index (χ3v) is 6.71. The number of anilines is 1. The Morgan fingerprint density at radius 1 is 1.05 bits per heavy atom. The molecule has 2 amide bonds. The number of hydrogen-bond donors (Lipinski definition) is 3. The quantitative estimate of drug-likeness (QED) is 0.178. The van der Waals surface area contributed by atoms with E-state index >= 15 is 4.39 Å². The van der Waals surface area contributed by atoms with E-state index < -0.39 is 29.0 Å². The van der Waals surface area contributed by atoms with Crippen LogP contribution >= 0.6 is 0 Å². The fourth-order valence-electron chi connectivity index (χ4n) is 4.31. The van der Waals surface area contributed by atoms with Gasteiger partial charge in [0.2, 0.25) is 5.91 Å². The summed E-state index contributed by atoms with van der Waals surface area (Å²) in [5.74, 6) is -4.58. The van der Waals surface area contributed by atoms with Crippen molar-refractivity contribution < 1.29 is 27.3 Å². The van der Waals surface area contributed by atoms with Gasteiger partial charge in [-0.25, -0.2) is 23.1 Å². The molecular formula is C31H28F3N7O3. The third kappa shape index (κ3) is 6.21. The summed E-state index contributed by atoms with van der Waals surface area (Å²) in [5.41, 5.74) is 1.65. The number of halogens is 3. The normalized spacial score (nSPS) is 11.9. The number of benzene rings is 2. The van der Waals surface area contributed by atoms with Crippen molar-refractivity contribution in [2.75, 3.05) is 5.32 Å². The van der Waals surface area contributed by atoms with Crippen molar-refractivity contribution in [3.8, 4) is 22.5 Å². The molecule has 226 valence electrons. The Hall–Kier alpha value is -5.33. The lowest BCUT2D eigenvalue weighted by Gasteiger charge is -2.14. The summed E-state index contributed by atoms with van der Waals surface area (Å²) in [6, 6.07) is 9.95. The predicted molar refractivity (Wildman–Crippen MR) is 157 cm³/mol. The first-order valence-corrected chi connectivity index (χ1v) is 13.5.